The SMILES string of the molecule is Cn1nc(C(=O)N2CC[C@H]3[C@H](C2)OCc2cnnn23)c2ccccc21. The lowest BCUT2D eigenvalue weighted by Crippen LogP contribution is -2.50. The Hall–Kier alpha value is -2.74. The molecule has 8 heteroatoms. The maximum atomic E-state index is 13.1. The molecule has 0 spiro atoms. The summed E-state index contributed by atoms with van der Waals surface area (Å²) in [6.45, 7) is 1.70. The van der Waals surface area contributed by atoms with Gasteiger partial charge in [0, 0.05) is 25.5 Å². The van der Waals surface area contributed by atoms with E-state index in [4.69, 9.17) is 4.74 Å². The van der Waals surface area contributed by atoms with E-state index in [0.717, 1.165) is 23.0 Å². The average Bonchev–Trinajstić information content (AvgIpc) is 3.26. The zero-order valence-electron chi connectivity index (χ0n) is 13.9. The highest BCUT2D eigenvalue weighted by Crippen LogP contribution is 2.31. The highest BCUT2D eigenvalue weighted by atomic mass is 16.5. The molecule has 5 rings (SSSR count). The zero-order chi connectivity index (χ0) is 17.0. The van der Waals surface area contributed by atoms with Crippen LogP contribution in [0.2, 0.25) is 0 Å². The number of rotatable bonds is 1. The molecule has 4 heterocycles. The van der Waals surface area contributed by atoms with E-state index < -0.39 is 0 Å². The van der Waals surface area contributed by atoms with E-state index in [1.54, 1.807) is 10.9 Å². The Morgan fingerprint density at radius 3 is 3.12 bits per heavy atom. The van der Waals surface area contributed by atoms with Crippen LogP contribution in [0, 0.1) is 0 Å². The van der Waals surface area contributed by atoms with E-state index in [9.17, 15) is 4.79 Å². The Bertz CT molecular complexity index is 961. The van der Waals surface area contributed by atoms with Gasteiger partial charge in [0.05, 0.1) is 36.2 Å². The normalized spacial score (nSPS) is 22.7. The molecular formula is C17H18N6O2. The summed E-state index contributed by atoms with van der Waals surface area (Å²) in [6, 6.07) is 7.96. The van der Waals surface area contributed by atoms with Gasteiger partial charge in [0.15, 0.2) is 5.69 Å². The number of ether oxygens (including phenoxy) is 1. The van der Waals surface area contributed by atoms with Crippen molar-refractivity contribution in [1.29, 1.82) is 0 Å². The molecule has 1 fully saturated rings. The van der Waals surface area contributed by atoms with Crippen molar-refractivity contribution in [2.24, 2.45) is 7.05 Å². The number of amides is 1. The monoisotopic (exact) mass is 338 g/mol. The van der Waals surface area contributed by atoms with Gasteiger partial charge in [-0.2, -0.15) is 5.10 Å². The Balaban J connectivity index is 1.42. The van der Waals surface area contributed by atoms with E-state index in [1.165, 1.54) is 0 Å². The number of likely N-dealkylation sites (tertiary alicyclic amines) is 1. The average molecular weight is 338 g/mol. The predicted octanol–water partition coefficient (Wildman–Crippen LogP) is 1.15. The lowest BCUT2D eigenvalue weighted by Gasteiger charge is -2.40. The predicted molar refractivity (Wildman–Crippen MR) is 88.9 cm³/mol. The number of hydrogen-bond donors (Lipinski definition) is 0. The van der Waals surface area contributed by atoms with Crippen molar-refractivity contribution in [3.63, 3.8) is 0 Å². The summed E-state index contributed by atoms with van der Waals surface area (Å²) < 4.78 is 9.66. The van der Waals surface area contributed by atoms with Crippen LogP contribution in [-0.4, -0.2) is 54.8 Å². The maximum absolute atomic E-state index is 13.1. The first-order valence-electron chi connectivity index (χ1n) is 8.44. The Kier molecular flexibility index (Phi) is 3.14. The van der Waals surface area contributed by atoms with Gasteiger partial charge in [0.2, 0.25) is 0 Å². The van der Waals surface area contributed by atoms with E-state index in [-0.39, 0.29) is 18.1 Å². The van der Waals surface area contributed by atoms with Crippen molar-refractivity contribution < 1.29 is 9.53 Å². The fourth-order valence-corrected chi connectivity index (χ4v) is 3.89. The van der Waals surface area contributed by atoms with Crippen LogP contribution < -0.4 is 0 Å². The number of nitrogens with zero attached hydrogens (tertiary/aromatic N) is 6. The smallest absolute Gasteiger partial charge is 0.275 e. The molecule has 0 saturated carbocycles. The number of benzene rings is 1. The number of para-hydroxylation sites is 1. The number of aromatic nitrogens is 5. The topological polar surface area (TPSA) is 78.1 Å². The lowest BCUT2D eigenvalue weighted by atomic mass is 9.99. The van der Waals surface area contributed by atoms with Gasteiger partial charge in [-0.3, -0.25) is 9.48 Å². The molecule has 0 radical (unpaired) electrons. The molecule has 0 unspecified atom stereocenters. The minimum absolute atomic E-state index is 0.0387. The summed E-state index contributed by atoms with van der Waals surface area (Å²) in [6.07, 6.45) is 2.49. The molecule has 2 aliphatic rings. The fourth-order valence-electron chi connectivity index (χ4n) is 3.89. The third-order valence-corrected chi connectivity index (χ3v) is 5.18. The largest absolute Gasteiger partial charge is 0.368 e. The van der Waals surface area contributed by atoms with Crippen molar-refractivity contribution in [2.75, 3.05) is 13.1 Å². The van der Waals surface area contributed by atoms with E-state index >= 15 is 0 Å². The summed E-state index contributed by atoms with van der Waals surface area (Å²) in [5.41, 5.74) is 2.47. The molecule has 8 nitrogen and oxygen atoms in total. The van der Waals surface area contributed by atoms with Crippen molar-refractivity contribution in [1.82, 2.24) is 29.7 Å². The third-order valence-electron chi connectivity index (χ3n) is 5.18. The van der Waals surface area contributed by atoms with Gasteiger partial charge in [0.1, 0.15) is 0 Å². The van der Waals surface area contributed by atoms with Crippen molar-refractivity contribution >= 4 is 16.8 Å². The number of carbonyl (C=O) groups excluding carboxylic acids is 1. The van der Waals surface area contributed by atoms with Crippen LogP contribution in [-0.2, 0) is 18.4 Å². The molecule has 0 N–H and O–H groups in total. The van der Waals surface area contributed by atoms with Crippen LogP contribution in [0.25, 0.3) is 10.9 Å². The first-order chi connectivity index (χ1) is 12.2. The van der Waals surface area contributed by atoms with Crippen LogP contribution in [0.1, 0.15) is 28.6 Å². The molecule has 2 aliphatic heterocycles. The van der Waals surface area contributed by atoms with Crippen molar-refractivity contribution in [2.45, 2.75) is 25.2 Å². The minimum Gasteiger partial charge on any atom is -0.368 e. The summed E-state index contributed by atoms with van der Waals surface area (Å²) in [7, 11) is 1.86. The quantitative estimate of drug-likeness (QED) is 0.665. The zero-order valence-corrected chi connectivity index (χ0v) is 13.9. The standard InChI is InChI=1S/C17H18N6O2/c1-21-13-5-3-2-4-12(13)16(19-21)17(24)22-7-6-14-15(9-22)25-10-11-8-18-20-23(11)14/h2-5,8,14-15H,6-7,9-10H2,1H3/t14-,15-/m0/s1. The third kappa shape index (κ3) is 2.17. The summed E-state index contributed by atoms with van der Waals surface area (Å²) >= 11 is 0. The molecule has 2 atom stereocenters. The van der Waals surface area contributed by atoms with E-state index in [1.807, 2.05) is 40.9 Å². The Labute approximate surface area is 144 Å². The number of carbonyl (C=O) groups is 1. The second kappa shape index (κ2) is 5.38. The van der Waals surface area contributed by atoms with E-state index in [0.29, 0.717) is 25.4 Å². The number of fused-ring (bicyclic) bond motifs is 4. The van der Waals surface area contributed by atoms with Crippen LogP contribution in [0.4, 0.5) is 0 Å². The molecule has 3 aromatic rings. The van der Waals surface area contributed by atoms with Crippen LogP contribution in [0.15, 0.2) is 30.5 Å². The molecule has 1 amide bonds. The van der Waals surface area contributed by atoms with E-state index in [2.05, 4.69) is 15.4 Å². The summed E-state index contributed by atoms with van der Waals surface area (Å²) in [5.74, 6) is -0.0387. The van der Waals surface area contributed by atoms with Gasteiger partial charge < -0.3 is 9.64 Å². The van der Waals surface area contributed by atoms with Gasteiger partial charge in [-0.25, -0.2) is 4.68 Å². The molecule has 0 aliphatic carbocycles. The molecule has 0 bridgehead atoms. The van der Waals surface area contributed by atoms with Crippen LogP contribution >= 0.6 is 0 Å². The molecular weight excluding hydrogens is 320 g/mol. The van der Waals surface area contributed by atoms with Gasteiger partial charge >= 0.3 is 0 Å². The van der Waals surface area contributed by atoms with Crippen molar-refractivity contribution in [3.05, 3.63) is 41.9 Å². The molecule has 25 heavy (non-hydrogen) atoms. The van der Waals surface area contributed by atoms with Gasteiger partial charge in [-0.05, 0) is 12.5 Å². The van der Waals surface area contributed by atoms with Gasteiger partial charge in [-0.15, -0.1) is 5.10 Å². The van der Waals surface area contributed by atoms with Crippen LogP contribution in [0.5, 0.6) is 0 Å². The molecule has 128 valence electrons. The van der Waals surface area contributed by atoms with Crippen molar-refractivity contribution in [3.8, 4) is 0 Å². The summed E-state index contributed by atoms with van der Waals surface area (Å²) in [5, 5.41) is 13.5. The van der Waals surface area contributed by atoms with Gasteiger partial charge in [0.25, 0.3) is 5.91 Å². The highest BCUT2D eigenvalue weighted by Gasteiger charge is 2.38. The molecule has 1 saturated heterocycles. The molecule has 1 aromatic carbocycles. The second-order valence-electron chi connectivity index (χ2n) is 6.62. The fraction of sp³-hybridized carbons (Fsp3) is 0.412. The number of piperidine rings is 1. The summed E-state index contributed by atoms with van der Waals surface area (Å²) in [4.78, 5) is 14.9. The van der Waals surface area contributed by atoms with Gasteiger partial charge in [-0.1, -0.05) is 23.4 Å². The number of hydrogen-bond acceptors (Lipinski definition) is 5. The first-order valence-corrected chi connectivity index (χ1v) is 8.44. The second-order valence-corrected chi connectivity index (χ2v) is 6.62. The number of aryl methyl sites for hydroxylation is 1. The maximum Gasteiger partial charge on any atom is 0.275 e. The highest BCUT2D eigenvalue weighted by molar-refractivity contribution is 6.04. The molecule has 2 aromatic heterocycles. The lowest BCUT2D eigenvalue weighted by molar-refractivity contribution is -0.0628. The van der Waals surface area contributed by atoms with Crippen LogP contribution in [0.3, 0.4) is 0 Å². The Morgan fingerprint density at radius 1 is 1.32 bits per heavy atom. The Morgan fingerprint density at radius 2 is 2.20 bits per heavy atom. The first kappa shape index (κ1) is 14.6. The minimum atomic E-state index is -0.0538.